The molecule has 0 N–H and O–H groups in total. The maximum absolute atomic E-state index is 12.9. The minimum absolute atomic E-state index is 0.0355. The summed E-state index contributed by atoms with van der Waals surface area (Å²) in [5.41, 5.74) is 3.97. The fraction of sp³-hybridized carbons (Fsp3) is 0.348. The van der Waals surface area contributed by atoms with Crippen LogP contribution in [-0.2, 0) is 16.0 Å². The molecule has 2 heterocycles. The zero-order valence-electron chi connectivity index (χ0n) is 16.6. The van der Waals surface area contributed by atoms with Crippen LogP contribution in [0.1, 0.15) is 50.5 Å². The lowest BCUT2D eigenvalue weighted by molar-refractivity contribution is -0.119. The van der Waals surface area contributed by atoms with E-state index in [1.807, 2.05) is 58.9 Å². The molecule has 0 spiro atoms. The van der Waals surface area contributed by atoms with Crippen molar-refractivity contribution in [2.45, 2.75) is 45.6 Å². The van der Waals surface area contributed by atoms with Gasteiger partial charge in [-0.2, -0.15) is 0 Å². The number of carbonyl (C=O) groups is 2. The van der Waals surface area contributed by atoms with Crippen molar-refractivity contribution in [2.75, 3.05) is 11.4 Å². The number of hydrogen-bond donors (Lipinski definition) is 0. The second-order valence-corrected chi connectivity index (χ2v) is 7.50. The highest BCUT2D eigenvalue weighted by molar-refractivity contribution is 5.97. The van der Waals surface area contributed by atoms with E-state index in [2.05, 4.69) is 13.0 Å². The first-order valence-electron chi connectivity index (χ1n) is 9.86. The van der Waals surface area contributed by atoms with Crippen LogP contribution in [0.25, 0.3) is 11.0 Å². The molecule has 1 aliphatic rings. The third-order valence-electron chi connectivity index (χ3n) is 5.75. The standard InChI is InChI=1S/C23H25N3O2/c1-4-17-9-5-7-11-20(17)25-14-18(13-22(25)28)23-24-19-10-6-8-12-21(19)26(23)15(2)16(3)27/h5-12,15,18H,4,13-14H2,1-3H3. The molecule has 0 bridgehead atoms. The number of benzene rings is 2. The molecule has 0 radical (unpaired) electrons. The molecule has 1 aromatic heterocycles. The molecule has 5 nitrogen and oxygen atoms in total. The average molecular weight is 375 g/mol. The maximum atomic E-state index is 12.9. The fourth-order valence-electron chi connectivity index (χ4n) is 4.13. The quantitative estimate of drug-likeness (QED) is 0.669. The predicted molar refractivity (Wildman–Crippen MR) is 111 cm³/mol. The molecule has 2 aromatic carbocycles. The number of Topliss-reactive ketones (excluding diaryl/α,β-unsaturated/α-hetero) is 1. The van der Waals surface area contributed by atoms with Crippen molar-refractivity contribution in [2.24, 2.45) is 0 Å². The SMILES string of the molecule is CCc1ccccc1N1CC(c2nc3ccccc3n2C(C)C(C)=O)CC1=O. The Labute approximate surface area is 165 Å². The Bertz CT molecular complexity index is 1050. The van der Waals surface area contributed by atoms with Gasteiger partial charge in [0, 0.05) is 24.6 Å². The molecule has 2 atom stereocenters. The highest BCUT2D eigenvalue weighted by Crippen LogP contribution is 2.36. The third-order valence-corrected chi connectivity index (χ3v) is 5.75. The van der Waals surface area contributed by atoms with Crippen molar-refractivity contribution in [1.29, 1.82) is 0 Å². The number of nitrogens with zero attached hydrogens (tertiary/aromatic N) is 3. The van der Waals surface area contributed by atoms with Crippen LogP contribution in [0.15, 0.2) is 48.5 Å². The smallest absolute Gasteiger partial charge is 0.227 e. The lowest BCUT2D eigenvalue weighted by Crippen LogP contribution is -2.26. The van der Waals surface area contributed by atoms with Gasteiger partial charge in [-0.25, -0.2) is 4.98 Å². The zero-order valence-corrected chi connectivity index (χ0v) is 16.6. The van der Waals surface area contributed by atoms with Gasteiger partial charge >= 0.3 is 0 Å². The summed E-state index contributed by atoms with van der Waals surface area (Å²) in [5.74, 6) is 0.988. The number of aromatic nitrogens is 2. The van der Waals surface area contributed by atoms with Crippen molar-refractivity contribution in [3.05, 3.63) is 59.9 Å². The fourth-order valence-corrected chi connectivity index (χ4v) is 4.13. The van der Waals surface area contributed by atoms with Gasteiger partial charge in [-0.1, -0.05) is 37.3 Å². The van der Waals surface area contributed by atoms with E-state index in [1.54, 1.807) is 6.92 Å². The van der Waals surface area contributed by atoms with E-state index in [1.165, 1.54) is 5.56 Å². The second kappa shape index (κ2) is 7.23. The minimum atomic E-state index is -0.311. The first-order chi connectivity index (χ1) is 13.5. The number of aryl methyl sites for hydroxylation is 1. The van der Waals surface area contributed by atoms with E-state index in [0.717, 1.165) is 29.0 Å². The van der Waals surface area contributed by atoms with E-state index in [4.69, 9.17) is 4.98 Å². The summed E-state index contributed by atoms with van der Waals surface area (Å²) >= 11 is 0. The number of ketones is 1. The van der Waals surface area contributed by atoms with E-state index in [9.17, 15) is 9.59 Å². The summed E-state index contributed by atoms with van der Waals surface area (Å²) in [6.45, 7) is 6.20. The maximum Gasteiger partial charge on any atom is 0.227 e. The van der Waals surface area contributed by atoms with Gasteiger partial charge in [0.15, 0.2) is 5.78 Å². The lowest BCUT2D eigenvalue weighted by atomic mass is 10.1. The topological polar surface area (TPSA) is 55.2 Å². The van der Waals surface area contributed by atoms with Gasteiger partial charge in [0.1, 0.15) is 5.82 Å². The van der Waals surface area contributed by atoms with Crippen LogP contribution in [0.4, 0.5) is 5.69 Å². The summed E-state index contributed by atoms with van der Waals surface area (Å²) < 4.78 is 2.02. The van der Waals surface area contributed by atoms with Crippen molar-refractivity contribution in [1.82, 2.24) is 9.55 Å². The summed E-state index contributed by atoms with van der Waals surface area (Å²) in [6, 6.07) is 15.6. The van der Waals surface area contributed by atoms with Crippen LogP contribution >= 0.6 is 0 Å². The molecule has 1 amide bonds. The van der Waals surface area contributed by atoms with E-state index in [-0.39, 0.29) is 23.7 Å². The molecule has 0 saturated carbocycles. The largest absolute Gasteiger partial charge is 0.317 e. The third kappa shape index (κ3) is 3.01. The number of anilines is 1. The Kier molecular flexibility index (Phi) is 4.75. The molecule has 1 aliphatic heterocycles. The van der Waals surface area contributed by atoms with Gasteiger partial charge in [0.25, 0.3) is 0 Å². The number of rotatable bonds is 5. The van der Waals surface area contributed by atoms with Gasteiger partial charge in [0.05, 0.1) is 17.1 Å². The number of hydrogen-bond acceptors (Lipinski definition) is 3. The van der Waals surface area contributed by atoms with Gasteiger partial charge in [-0.3, -0.25) is 9.59 Å². The number of para-hydroxylation sites is 3. The Balaban J connectivity index is 1.76. The van der Waals surface area contributed by atoms with Gasteiger partial charge in [-0.15, -0.1) is 0 Å². The average Bonchev–Trinajstić information content (AvgIpc) is 3.27. The van der Waals surface area contributed by atoms with Crippen LogP contribution < -0.4 is 4.90 Å². The molecule has 2 unspecified atom stereocenters. The zero-order chi connectivity index (χ0) is 19.8. The molecular weight excluding hydrogens is 350 g/mol. The van der Waals surface area contributed by atoms with Crippen molar-refractivity contribution < 1.29 is 9.59 Å². The molecule has 4 rings (SSSR count). The van der Waals surface area contributed by atoms with Crippen molar-refractivity contribution in [3.8, 4) is 0 Å². The van der Waals surface area contributed by atoms with Crippen molar-refractivity contribution in [3.63, 3.8) is 0 Å². The van der Waals surface area contributed by atoms with E-state index < -0.39 is 0 Å². The normalized spacial score (nSPS) is 18.0. The summed E-state index contributed by atoms with van der Waals surface area (Å²) in [5, 5.41) is 0. The van der Waals surface area contributed by atoms with Gasteiger partial charge in [0.2, 0.25) is 5.91 Å². The highest BCUT2D eigenvalue weighted by Gasteiger charge is 2.36. The molecule has 5 heteroatoms. The van der Waals surface area contributed by atoms with E-state index >= 15 is 0 Å². The van der Waals surface area contributed by atoms with Crippen molar-refractivity contribution >= 4 is 28.4 Å². The van der Waals surface area contributed by atoms with Crippen LogP contribution in [-0.4, -0.2) is 27.8 Å². The van der Waals surface area contributed by atoms with Crippen LogP contribution in [0.3, 0.4) is 0 Å². The van der Waals surface area contributed by atoms with Crippen LogP contribution in [0.5, 0.6) is 0 Å². The lowest BCUT2D eigenvalue weighted by Gasteiger charge is -2.21. The molecule has 1 saturated heterocycles. The summed E-state index contributed by atoms with van der Waals surface area (Å²) in [4.78, 5) is 31.8. The Hall–Kier alpha value is -2.95. The first-order valence-corrected chi connectivity index (χ1v) is 9.86. The monoisotopic (exact) mass is 375 g/mol. The number of amides is 1. The molecule has 1 fully saturated rings. The molecule has 28 heavy (non-hydrogen) atoms. The minimum Gasteiger partial charge on any atom is -0.317 e. The van der Waals surface area contributed by atoms with Gasteiger partial charge in [-0.05, 0) is 44.0 Å². The van der Waals surface area contributed by atoms with Gasteiger partial charge < -0.3 is 9.47 Å². The van der Waals surface area contributed by atoms with Crippen LogP contribution in [0, 0.1) is 0 Å². The molecule has 144 valence electrons. The number of imidazole rings is 1. The van der Waals surface area contributed by atoms with E-state index in [0.29, 0.717) is 13.0 Å². The Morgan fingerprint density at radius 1 is 1.18 bits per heavy atom. The molecule has 3 aromatic rings. The summed E-state index contributed by atoms with van der Waals surface area (Å²) in [7, 11) is 0. The number of fused-ring (bicyclic) bond motifs is 1. The Morgan fingerprint density at radius 2 is 1.89 bits per heavy atom. The van der Waals surface area contributed by atoms with Crippen LogP contribution in [0.2, 0.25) is 0 Å². The molecule has 0 aliphatic carbocycles. The first kappa shape index (κ1) is 18.4. The molecular formula is C23H25N3O2. The number of carbonyl (C=O) groups excluding carboxylic acids is 2. The predicted octanol–water partition coefficient (Wildman–Crippen LogP) is 4.27. The second-order valence-electron chi connectivity index (χ2n) is 7.50. The Morgan fingerprint density at radius 3 is 2.64 bits per heavy atom. The summed E-state index contributed by atoms with van der Waals surface area (Å²) in [6.07, 6.45) is 1.29. The highest BCUT2D eigenvalue weighted by atomic mass is 16.2.